The Morgan fingerprint density at radius 3 is 2.70 bits per heavy atom. The van der Waals surface area contributed by atoms with Crippen LogP contribution in [0.25, 0.3) is 10.9 Å². The third kappa shape index (κ3) is 5.36. The lowest BCUT2D eigenvalue weighted by atomic mass is 9.92. The number of hydrogen-bond acceptors (Lipinski definition) is 5. The van der Waals surface area contributed by atoms with E-state index in [2.05, 4.69) is 21.8 Å². The monoisotopic (exact) mass is 576 g/mol. The minimum Gasteiger partial charge on any atom is -0.494 e. The number of ether oxygens (including phenoxy) is 2. The van der Waals surface area contributed by atoms with Gasteiger partial charge in [-0.05, 0) is 73.4 Å². The Morgan fingerprint density at radius 2 is 1.93 bits per heavy atom. The Kier molecular flexibility index (Phi) is 7.59. The fourth-order valence-electron chi connectivity index (χ4n) is 5.47. The Hall–Kier alpha value is -3.68. The van der Waals surface area contributed by atoms with Gasteiger partial charge in [-0.25, -0.2) is 4.79 Å². The molecule has 3 heterocycles. The van der Waals surface area contributed by atoms with Crippen molar-refractivity contribution in [2.45, 2.75) is 31.8 Å². The van der Waals surface area contributed by atoms with Gasteiger partial charge in [0.05, 0.1) is 24.5 Å². The average Bonchev–Trinajstić information content (AvgIpc) is 3.54. The van der Waals surface area contributed by atoms with Crippen molar-refractivity contribution in [2.75, 3.05) is 26.2 Å². The van der Waals surface area contributed by atoms with Gasteiger partial charge in [-0.3, -0.25) is 9.89 Å². The van der Waals surface area contributed by atoms with Crippen molar-refractivity contribution in [1.29, 1.82) is 0 Å². The van der Waals surface area contributed by atoms with Crippen molar-refractivity contribution in [3.63, 3.8) is 0 Å². The normalized spacial score (nSPS) is 18.3. The number of H-pyrrole nitrogens is 1. The van der Waals surface area contributed by atoms with Gasteiger partial charge in [-0.2, -0.15) is 0 Å². The number of aromatic amines is 1. The number of para-hydroxylation sites is 1. The molecular weight excluding hydrogens is 547 g/mol. The SMILES string of the molecule is CC1CN=CN1CCCOc1ccc(C2c3[nH]c4ccc(Cl)cc4c3CCN2C(=O)Oc2ccccc2Cl)cc1. The number of rotatable bonds is 7. The summed E-state index contributed by atoms with van der Waals surface area (Å²) in [5.41, 5.74) is 4.04. The third-order valence-corrected chi connectivity index (χ3v) is 8.10. The van der Waals surface area contributed by atoms with Crippen molar-refractivity contribution in [2.24, 2.45) is 4.99 Å². The number of halogens is 2. The van der Waals surface area contributed by atoms with Crippen LogP contribution in [0.1, 0.15) is 36.2 Å². The number of carbonyl (C=O) groups excluding carboxylic acids is 1. The molecule has 3 aromatic carbocycles. The van der Waals surface area contributed by atoms with Gasteiger partial charge in [-0.1, -0.05) is 47.5 Å². The van der Waals surface area contributed by atoms with Crippen LogP contribution >= 0.6 is 23.2 Å². The number of nitrogens with one attached hydrogen (secondary N) is 1. The predicted molar refractivity (Wildman–Crippen MR) is 159 cm³/mol. The van der Waals surface area contributed by atoms with Crippen molar-refractivity contribution < 1.29 is 14.3 Å². The summed E-state index contributed by atoms with van der Waals surface area (Å²) in [5.74, 6) is 1.12. The van der Waals surface area contributed by atoms with Crippen LogP contribution in [0.4, 0.5) is 4.79 Å². The summed E-state index contributed by atoms with van der Waals surface area (Å²) in [4.78, 5) is 25.4. The van der Waals surface area contributed by atoms with Gasteiger partial charge in [-0.15, -0.1) is 0 Å². The highest BCUT2D eigenvalue weighted by Crippen LogP contribution is 2.40. The first-order valence-corrected chi connectivity index (χ1v) is 14.2. The molecule has 0 aliphatic carbocycles. The number of fused-ring (bicyclic) bond motifs is 3. The van der Waals surface area contributed by atoms with Gasteiger partial charge in [0.1, 0.15) is 11.8 Å². The van der Waals surface area contributed by atoms with Crippen molar-refractivity contribution in [3.05, 3.63) is 93.6 Å². The van der Waals surface area contributed by atoms with Crippen molar-refractivity contribution in [3.8, 4) is 11.5 Å². The molecule has 0 saturated carbocycles. The number of amides is 1. The predicted octanol–water partition coefficient (Wildman–Crippen LogP) is 7.12. The first kappa shape index (κ1) is 26.5. The highest BCUT2D eigenvalue weighted by molar-refractivity contribution is 6.32. The molecule has 0 fully saturated rings. The number of benzene rings is 3. The van der Waals surface area contributed by atoms with E-state index < -0.39 is 6.09 Å². The zero-order valence-corrected chi connectivity index (χ0v) is 23.7. The molecule has 2 atom stereocenters. The first-order chi connectivity index (χ1) is 19.5. The highest BCUT2D eigenvalue weighted by atomic mass is 35.5. The summed E-state index contributed by atoms with van der Waals surface area (Å²) in [6.07, 6.45) is 3.05. The lowest BCUT2D eigenvalue weighted by molar-refractivity contribution is 0.135. The van der Waals surface area contributed by atoms with Crippen molar-refractivity contribution >= 4 is 46.5 Å². The van der Waals surface area contributed by atoms with E-state index in [-0.39, 0.29) is 6.04 Å². The van der Waals surface area contributed by atoms with E-state index in [1.165, 1.54) is 0 Å². The zero-order valence-electron chi connectivity index (χ0n) is 22.1. The Bertz CT molecular complexity index is 1550. The quantitative estimate of drug-likeness (QED) is 0.238. The number of aliphatic imine (C=N–C) groups is 1. The molecule has 0 saturated heterocycles. The van der Waals surface area contributed by atoms with Gasteiger partial charge in [0, 0.05) is 40.8 Å². The summed E-state index contributed by atoms with van der Waals surface area (Å²) in [6.45, 7) is 5.05. The van der Waals surface area contributed by atoms with Crippen LogP contribution in [0, 0.1) is 0 Å². The molecular formula is C31H30Cl2N4O3. The molecule has 40 heavy (non-hydrogen) atoms. The van der Waals surface area contributed by atoms with Crippen LogP contribution in [0.15, 0.2) is 71.7 Å². The number of nitrogens with zero attached hydrogens (tertiary/aromatic N) is 3. The summed E-state index contributed by atoms with van der Waals surface area (Å²) in [5, 5.41) is 2.14. The summed E-state index contributed by atoms with van der Waals surface area (Å²) < 4.78 is 11.8. The molecule has 6 rings (SSSR count). The number of carbonyl (C=O) groups is 1. The second kappa shape index (κ2) is 11.4. The smallest absolute Gasteiger partial charge is 0.416 e. The maximum absolute atomic E-state index is 13.5. The third-order valence-electron chi connectivity index (χ3n) is 7.55. The van der Waals surface area contributed by atoms with Gasteiger partial charge in [0.25, 0.3) is 0 Å². The minimum absolute atomic E-state index is 0.334. The standard InChI is InChI=1S/C31H30Cl2N4O3/c1-20-18-34-19-36(20)14-4-16-39-23-10-7-21(8-11-23)30-29-24(25-17-22(32)9-12-27(25)35-29)13-15-37(30)31(38)40-28-6-3-2-5-26(28)33/h2-3,5-12,17,19-20,30,35H,4,13-16,18H2,1H3. The lowest BCUT2D eigenvalue weighted by Gasteiger charge is -2.35. The highest BCUT2D eigenvalue weighted by Gasteiger charge is 2.36. The second-order valence-corrected chi connectivity index (χ2v) is 11.0. The first-order valence-electron chi connectivity index (χ1n) is 13.5. The maximum Gasteiger partial charge on any atom is 0.416 e. The fourth-order valence-corrected chi connectivity index (χ4v) is 5.82. The van der Waals surface area contributed by atoms with Crippen LogP contribution < -0.4 is 9.47 Å². The van der Waals surface area contributed by atoms with E-state index in [0.29, 0.717) is 41.4 Å². The van der Waals surface area contributed by atoms with Gasteiger partial charge < -0.3 is 19.4 Å². The Morgan fingerprint density at radius 1 is 1.10 bits per heavy atom. The Labute approximate surface area is 243 Å². The molecule has 0 radical (unpaired) electrons. The molecule has 1 amide bonds. The second-order valence-electron chi connectivity index (χ2n) is 10.2. The van der Waals surface area contributed by atoms with Crippen LogP contribution in [0.2, 0.25) is 10.0 Å². The van der Waals surface area contributed by atoms with Gasteiger partial charge in [0.2, 0.25) is 0 Å². The summed E-state index contributed by atoms with van der Waals surface area (Å²) in [7, 11) is 0. The largest absolute Gasteiger partial charge is 0.494 e. The van der Waals surface area contributed by atoms with E-state index in [9.17, 15) is 4.79 Å². The molecule has 7 nitrogen and oxygen atoms in total. The van der Waals surface area contributed by atoms with E-state index in [0.717, 1.165) is 53.0 Å². The topological polar surface area (TPSA) is 70.2 Å². The van der Waals surface area contributed by atoms with E-state index in [4.69, 9.17) is 32.7 Å². The molecule has 2 aliphatic heterocycles. The molecule has 2 aliphatic rings. The van der Waals surface area contributed by atoms with E-state index >= 15 is 0 Å². The Balaban J connectivity index is 1.25. The van der Waals surface area contributed by atoms with Crippen LogP contribution in [0.3, 0.4) is 0 Å². The number of aromatic nitrogens is 1. The number of hydrogen-bond donors (Lipinski definition) is 1. The van der Waals surface area contributed by atoms with E-state index in [1.807, 2.05) is 48.8 Å². The molecule has 0 spiro atoms. The molecule has 1 N–H and O–H groups in total. The molecule has 9 heteroatoms. The van der Waals surface area contributed by atoms with Gasteiger partial charge >= 0.3 is 6.09 Å². The molecule has 0 bridgehead atoms. The van der Waals surface area contributed by atoms with Crippen LogP contribution in [-0.4, -0.2) is 59.5 Å². The fraction of sp³-hybridized carbons (Fsp3) is 0.290. The summed E-state index contributed by atoms with van der Waals surface area (Å²) >= 11 is 12.6. The lowest BCUT2D eigenvalue weighted by Crippen LogP contribution is -2.42. The summed E-state index contributed by atoms with van der Waals surface area (Å²) in [6, 6.07) is 20.8. The molecule has 1 aromatic heterocycles. The maximum atomic E-state index is 13.5. The van der Waals surface area contributed by atoms with Gasteiger partial charge in [0.15, 0.2) is 5.75 Å². The molecule has 4 aromatic rings. The zero-order chi connectivity index (χ0) is 27.6. The molecule has 2 unspecified atom stereocenters. The minimum atomic E-state index is -0.458. The van der Waals surface area contributed by atoms with Crippen molar-refractivity contribution in [1.82, 2.24) is 14.8 Å². The van der Waals surface area contributed by atoms with Crippen LogP contribution in [0.5, 0.6) is 11.5 Å². The van der Waals surface area contributed by atoms with E-state index in [1.54, 1.807) is 29.2 Å². The molecule has 206 valence electrons. The average molecular weight is 578 g/mol. The van der Waals surface area contributed by atoms with Crippen LogP contribution in [-0.2, 0) is 6.42 Å².